The molecule has 1 aromatic rings. The van der Waals surface area contributed by atoms with Gasteiger partial charge >= 0.3 is 0 Å². The van der Waals surface area contributed by atoms with Gasteiger partial charge in [-0.2, -0.15) is 0 Å². The molecule has 1 aliphatic heterocycles. The summed E-state index contributed by atoms with van der Waals surface area (Å²) in [6, 6.07) is 4.52. The van der Waals surface area contributed by atoms with Crippen LogP contribution in [0.1, 0.15) is 0 Å². The van der Waals surface area contributed by atoms with E-state index in [2.05, 4.69) is 0 Å². The number of sulfonamides is 1. The number of carbonyl (C=O) groups excluding carboxylic acids is 1. The molecule has 9 heteroatoms. The molecular weight excluding hydrogens is 294 g/mol. The molecule has 1 aliphatic rings. The van der Waals surface area contributed by atoms with E-state index in [0.717, 1.165) is 10.6 Å². The van der Waals surface area contributed by atoms with Crippen molar-refractivity contribution in [3.63, 3.8) is 0 Å². The quantitative estimate of drug-likeness (QED) is 0.450. The van der Waals surface area contributed by atoms with E-state index in [1.807, 2.05) is 5.43 Å². The van der Waals surface area contributed by atoms with Gasteiger partial charge in [-0.3, -0.25) is 14.5 Å². The lowest BCUT2D eigenvalue weighted by molar-refractivity contribution is -0.127. The fourth-order valence-corrected chi connectivity index (χ4v) is 2.84. The van der Waals surface area contributed by atoms with Gasteiger partial charge in [-0.1, -0.05) is 11.6 Å². The maximum absolute atomic E-state index is 11.8. The van der Waals surface area contributed by atoms with Crippen molar-refractivity contribution in [3.05, 3.63) is 23.2 Å². The van der Waals surface area contributed by atoms with Crippen molar-refractivity contribution < 1.29 is 17.9 Å². The first kappa shape index (κ1) is 13.9. The average molecular weight is 306 g/mol. The molecule has 19 heavy (non-hydrogen) atoms. The number of hydrogen-bond acceptors (Lipinski definition) is 5. The van der Waals surface area contributed by atoms with E-state index in [1.165, 1.54) is 12.1 Å². The van der Waals surface area contributed by atoms with Gasteiger partial charge in [0.05, 0.1) is 18.5 Å². The topological polar surface area (TPSA) is 102 Å². The number of nitrogens with zero attached hydrogens (tertiary/aromatic N) is 1. The molecule has 0 saturated carbocycles. The van der Waals surface area contributed by atoms with E-state index in [-0.39, 0.29) is 12.3 Å². The predicted molar refractivity (Wildman–Crippen MR) is 70.4 cm³/mol. The van der Waals surface area contributed by atoms with E-state index in [4.69, 9.17) is 22.2 Å². The average Bonchev–Trinajstić information content (AvgIpc) is 2.35. The molecule has 0 radical (unpaired) electrons. The van der Waals surface area contributed by atoms with Crippen LogP contribution >= 0.6 is 11.6 Å². The molecule has 0 fully saturated rings. The number of fused-ring (bicyclic) bond motifs is 1. The Kier molecular flexibility index (Phi) is 3.57. The molecule has 2 rings (SSSR count). The van der Waals surface area contributed by atoms with Crippen molar-refractivity contribution in [2.45, 2.75) is 6.10 Å². The lowest BCUT2D eigenvalue weighted by atomic mass is 10.2. The van der Waals surface area contributed by atoms with Gasteiger partial charge in [-0.15, -0.1) is 0 Å². The minimum Gasteiger partial charge on any atom is -0.476 e. The van der Waals surface area contributed by atoms with Gasteiger partial charge in [-0.25, -0.2) is 14.3 Å². The second kappa shape index (κ2) is 4.87. The summed E-state index contributed by atoms with van der Waals surface area (Å²) in [4.78, 5) is 11.5. The molecule has 1 atom stereocenters. The molecule has 1 amide bonds. The van der Waals surface area contributed by atoms with Crippen LogP contribution in [0.3, 0.4) is 0 Å². The van der Waals surface area contributed by atoms with E-state index < -0.39 is 22.0 Å². The number of hydrazine groups is 1. The van der Waals surface area contributed by atoms with Crippen LogP contribution in [0.5, 0.6) is 5.75 Å². The molecular formula is C10H12ClN3O4S. The first-order chi connectivity index (χ1) is 8.82. The van der Waals surface area contributed by atoms with Crippen molar-refractivity contribution in [1.29, 1.82) is 0 Å². The second-order valence-corrected chi connectivity index (χ2v) is 6.36. The zero-order valence-corrected chi connectivity index (χ0v) is 11.5. The van der Waals surface area contributed by atoms with Crippen molar-refractivity contribution in [1.82, 2.24) is 5.43 Å². The highest BCUT2D eigenvalue weighted by molar-refractivity contribution is 7.92. The van der Waals surface area contributed by atoms with E-state index in [1.54, 1.807) is 6.07 Å². The number of carbonyl (C=O) groups is 1. The van der Waals surface area contributed by atoms with Gasteiger partial charge in [0, 0.05) is 5.02 Å². The van der Waals surface area contributed by atoms with E-state index >= 15 is 0 Å². The Hall–Kier alpha value is -1.51. The lowest BCUT2D eigenvalue weighted by Gasteiger charge is -2.33. The van der Waals surface area contributed by atoms with Gasteiger partial charge in [0.2, 0.25) is 10.0 Å². The van der Waals surface area contributed by atoms with Crippen LogP contribution in [0, 0.1) is 0 Å². The monoisotopic (exact) mass is 305 g/mol. The number of amides is 1. The number of rotatable bonds is 2. The molecule has 0 unspecified atom stereocenters. The number of nitrogens with two attached hydrogens (primary N) is 1. The van der Waals surface area contributed by atoms with Crippen molar-refractivity contribution in [2.75, 3.05) is 17.1 Å². The molecule has 7 nitrogen and oxygen atoms in total. The summed E-state index contributed by atoms with van der Waals surface area (Å²) in [7, 11) is -3.56. The van der Waals surface area contributed by atoms with Crippen LogP contribution in [-0.4, -0.2) is 33.2 Å². The number of nitrogens with one attached hydrogen (secondary N) is 1. The highest BCUT2D eigenvalue weighted by Gasteiger charge is 2.34. The Morgan fingerprint density at radius 1 is 1.58 bits per heavy atom. The molecule has 0 aromatic heterocycles. The molecule has 0 saturated heterocycles. The highest BCUT2D eigenvalue weighted by Crippen LogP contribution is 2.36. The summed E-state index contributed by atoms with van der Waals surface area (Å²) in [6.07, 6.45) is 0.0360. The first-order valence-corrected chi connectivity index (χ1v) is 7.50. The van der Waals surface area contributed by atoms with E-state index in [0.29, 0.717) is 10.7 Å². The maximum Gasteiger partial charge on any atom is 0.276 e. The minimum absolute atomic E-state index is 0.158. The van der Waals surface area contributed by atoms with E-state index in [9.17, 15) is 13.2 Å². The van der Waals surface area contributed by atoms with Crippen molar-refractivity contribution >= 4 is 33.2 Å². The summed E-state index contributed by atoms with van der Waals surface area (Å²) in [6.45, 7) is -0.158. The summed E-state index contributed by atoms with van der Waals surface area (Å²) in [5.74, 6) is 4.69. The van der Waals surface area contributed by atoms with Gasteiger partial charge < -0.3 is 4.74 Å². The molecule has 0 bridgehead atoms. The van der Waals surface area contributed by atoms with Crippen LogP contribution in [0.15, 0.2) is 18.2 Å². The van der Waals surface area contributed by atoms with Gasteiger partial charge in [0.15, 0.2) is 6.10 Å². The largest absolute Gasteiger partial charge is 0.476 e. The minimum atomic E-state index is -3.56. The Morgan fingerprint density at radius 2 is 2.26 bits per heavy atom. The lowest BCUT2D eigenvalue weighted by Crippen LogP contribution is -2.51. The summed E-state index contributed by atoms with van der Waals surface area (Å²) in [5.41, 5.74) is 2.24. The Morgan fingerprint density at radius 3 is 2.84 bits per heavy atom. The van der Waals surface area contributed by atoms with Gasteiger partial charge in [0.25, 0.3) is 5.91 Å². The second-order valence-electron chi connectivity index (χ2n) is 4.02. The highest BCUT2D eigenvalue weighted by atomic mass is 35.5. The smallest absolute Gasteiger partial charge is 0.276 e. The van der Waals surface area contributed by atoms with Crippen LogP contribution in [-0.2, 0) is 14.8 Å². The van der Waals surface area contributed by atoms with Gasteiger partial charge in [-0.05, 0) is 18.2 Å². The third-order valence-corrected chi connectivity index (χ3v) is 4.01. The fourth-order valence-electron chi connectivity index (χ4n) is 1.77. The van der Waals surface area contributed by atoms with Crippen molar-refractivity contribution in [2.24, 2.45) is 5.84 Å². The zero-order valence-electron chi connectivity index (χ0n) is 9.96. The zero-order chi connectivity index (χ0) is 14.2. The van der Waals surface area contributed by atoms with Crippen LogP contribution in [0.2, 0.25) is 5.02 Å². The Bertz CT molecular complexity index is 619. The normalized spacial score (nSPS) is 18.5. The molecule has 0 spiro atoms. The fraction of sp³-hybridized carbons (Fsp3) is 0.300. The first-order valence-electron chi connectivity index (χ1n) is 5.27. The van der Waals surface area contributed by atoms with Crippen LogP contribution < -0.4 is 20.3 Å². The number of benzene rings is 1. The molecule has 1 aromatic carbocycles. The third kappa shape index (κ3) is 2.75. The Balaban J connectivity index is 2.49. The predicted octanol–water partition coefficient (Wildman–Crippen LogP) is -0.143. The van der Waals surface area contributed by atoms with Crippen molar-refractivity contribution in [3.8, 4) is 5.75 Å². The van der Waals surface area contributed by atoms with Gasteiger partial charge in [0.1, 0.15) is 5.75 Å². The SMILES string of the molecule is CS(=O)(=O)N1C[C@H](C(=O)NN)Oc2ccc(Cl)cc21. The summed E-state index contributed by atoms with van der Waals surface area (Å²) < 4.78 is 30.0. The molecule has 1 heterocycles. The maximum atomic E-state index is 11.8. The van der Waals surface area contributed by atoms with Crippen LogP contribution in [0.25, 0.3) is 0 Å². The number of hydrogen-bond donors (Lipinski definition) is 2. The number of ether oxygens (including phenoxy) is 1. The standard InChI is InChI=1S/C10H12ClN3O4S/c1-19(16,17)14-5-9(10(15)13-12)18-8-3-2-6(11)4-7(8)14/h2-4,9H,5,12H2,1H3,(H,13,15)/t9-/m1/s1. The molecule has 3 N–H and O–H groups in total. The molecule has 104 valence electrons. The van der Waals surface area contributed by atoms with Crippen LogP contribution in [0.4, 0.5) is 5.69 Å². The molecule has 0 aliphatic carbocycles. The third-order valence-electron chi connectivity index (χ3n) is 2.63. The number of halogens is 1. The Labute approximate surface area is 115 Å². The summed E-state index contributed by atoms with van der Waals surface area (Å²) >= 11 is 5.84. The summed E-state index contributed by atoms with van der Waals surface area (Å²) in [5, 5.41) is 0.373. The number of anilines is 1.